The summed E-state index contributed by atoms with van der Waals surface area (Å²) >= 11 is 5.33. The number of fused-ring (bicyclic) bond motifs is 1. The second kappa shape index (κ2) is 4.00. The van der Waals surface area contributed by atoms with Crippen LogP contribution in [-0.4, -0.2) is 12.4 Å². The minimum Gasteiger partial charge on any atom is -0.304 e. The fourth-order valence-electron chi connectivity index (χ4n) is 1.50. The molecular weight excluding hydrogens is 250 g/mol. The second-order valence-electron chi connectivity index (χ2n) is 3.02. The molecule has 1 aliphatic heterocycles. The third-order valence-corrected chi connectivity index (χ3v) is 3.89. The fraction of sp³-hybridized carbons (Fsp3) is 0.333. The van der Waals surface area contributed by atoms with Crippen molar-refractivity contribution in [3.63, 3.8) is 0 Å². The van der Waals surface area contributed by atoms with E-state index in [1.165, 1.54) is 10.5 Å². The average molecular weight is 260 g/mol. The van der Waals surface area contributed by atoms with Gasteiger partial charge in [0.2, 0.25) is 0 Å². The number of hydrogen-bond acceptors (Lipinski definition) is 3. The zero-order valence-electron chi connectivity index (χ0n) is 7.00. The predicted octanol–water partition coefficient (Wildman–Crippen LogP) is 2.53. The average Bonchev–Trinajstić information content (AvgIpc) is 2.49. The van der Waals surface area contributed by atoms with Crippen molar-refractivity contribution in [2.75, 3.05) is 12.4 Å². The summed E-state index contributed by atoms with van der Waals surface area (Å²) in [4.78, 5) is 6.05. The maximum atomic E-state index is 5.08. The summed E-state index contributed by atoms with van der Waals surface area (Å²) in [5.74, 6) is 6.60. The smallest absolute Gasteiger partial charge is 0.0756 e. The SMILES string of the molecule is NOCC1CSc2ccc(Br)cc21. The van der Waals surface area contributed by atoms with Crippen molar-refractivity contribution in [3.8, 4) is 0 Å². The van der Waals surface area contributed by atoms with E-state index in [1.54, 1.807) is 0 Å². The van der Waals surface area contributed by atoms with Gasteiger partial charge >= 0.3 is 0 Å². The number of benzene rings is 1. The van der Waals surface area contributed by atoms with Gasteiger partial charge in [-0.3, -0.25) is 0 Å². The van der Waals surface area contributed by atoms with E-state index in [1.807, 2.05) is 11.8 Å². The van der Waals surface area contributed by atoms with E-state index in [0.717, 1.165) is 10.2 Å². The van der Waals surface area contributed by atoms with Crippen LogP contribution in [0.5, 0.6) is 0 Å². The monoisotopic (exact) mass is 259 g/mol. The van der Waals surface area contributed by atoms with Gasteiger partial charge in [-0.1, -0.05) is 15.9 Å². The summed E-state index contributed by atoms with van der Waals surface area (Å²) in [7, 11) is 0. The van der Waals surface area contributed by atoms with Crippen LogP contribution in [0, 0.1) is 0 Å². The lowest BCUT2D eigenvalue weighted by molar-refractivity contribution is 0.128. The quantitative estimate of drug-likeness (QED) is 0.830. The molecule has 4 heteroatoms. The van der Waals surface area contributed by atoms with E-state index in [-0.39, 0.29) is 0 Å². The van der Waals surface area contributed by atoms with E-state index in [9.17, 15) is 0 Å². The van der Waals surface area contributed by atoms with Crippen molar-refractivity contribution >= 4 is 27.7 Å². The van der Waals surface area contributed by atoms with E-state index < -0.39 is 0 Å². The first-order valence-electron chi connectivity index (χ1n) is 4.05. The van der Waals surface area contributed by atoms with E-state index in [2.05, 4.69) is 34.1 Å². The Hall–Kier alpha value is -0.0300. The summed E-state index contributed by atoms with van der Waals surface area (Å²) in [5, 5.41) is 0. The van der Waals surface area contributed by atoms with Gasteiger partial charge in [0.1, 0.15) is 0 Å². The summed E-state index contributed by atoms with van der Waals surface area (Å²) in [6, 6.07) is 6.36. The number of halogens is 1. The highest BCUT2D eigenvalue weighted by atomic mass is 79.9. The molecule has 0 aromatic heterocycles. The second-order valence-corrected chi connectivity index (χ2v) is 5.00. The molecule has 1 aliphatic rings. The summed E-state index contributed by atoms with van der Waals surface area (Å²) in [6.45, 7) is 0.608. The van der Waals surface area contributed by atoms with Crippen LogP contribution < -0.4 is 5.90 Å². The van der Waals surface area contributed by atoms with Gasteiger partial charge in [-0.25, -0.2) is 5.90 Å². The van der Waals surface area contributed by atoms with Crippen LogP contribution in [0.4, 0.5) is 0 Å². The first-order chi connectivity index (χ1) is 6.31. The van der Waals surface area contributed by atoms with Gasteiger partial charge in [0.15, 0.2) is 0 Å². The third kappa shape index (κ3) is 1.91. The van der Waals surface area contributed by atoms with Crippen molar-refractivity contribution in [1.29, 1.82) is 0 Å². The molecule has 0 aliphatic carbocycles. The topological polar surface area (TPSA) is 35.2 Å². The lowest BCUT2D eigenvalue weighted by atomic mass is 10.0. The lowest BCUT2D eigenvalue weighted by Gasteiger charge is -2.08. The minimum absolute atomic E-state index is 0.447. The molecule has 1 aromatic carbocycles. The Bertz CT molecular complexity index is 316. The van der Waals surface area contributed by atoms with Crippen LogP contribution in [0.15, 0.2) is 27.6 Å². The molecule has 70 valence electrons. The summed E-state index contributed by atoms with van der Waals surface area (Å²) in [5.41, 5.74) is 1.35. The van der Waals surface area contributed by atoms with Crippen LogP contribution in [0.3, 0.4) is 0 Å². The zero-order chi connectivity index (χ0) is 9.26. The predicted molar refractivity (Wildman–Crippen MR) is 57.7 cm³/mol. The fourth-order valence-corrected chi connectivity index (χ4v) is 3.10. The molecule has 0 spiro atoms. The molecule has 1 unspecified atom stereocenters. The maximum absolute atomic E-state index is 5.08. The van der Waals surface area contributed by atoms with Crippen LogP contribution in [0.2, 0.25) is 0 Å². The first kappa shape index (κ1) is 9.52. The van der Waals surface area contributed by atoms with Gasteiger partial charge in [0.05, 0.1) is 6.61 Å². The zero-order valence-corrected chi connectivity index (χ0v) is 9.40. The Morgan fingerprint density at radius 1 is 1.62 bits per heavy atom. The number of hydrogen-bond donors (Lipinski definition) is 1. The highest BCUT2D eigenvalue weighted by Crippen LogP contribution is 2.40. The normalized spacial score (nSPS) is 20.3. The summed E-state index contributed by atoms with van der Waals surface area (Å²) in [6.07, 6.45) is 0. The standard InChI is InChI=1S/C9H10BrNOS/c10-7-1-2-9-8(3-7)6(4-12-11)5-13-9/h1-3,6H,4-5,11H2. The molecule has 2 nitrogen and oxygen atoms in total. The summed E-state index contributed by atoms with van der Waals surface area (Å²) < 4.78 is 1.12. The molecule has 2 N–H and O–H groups in total. The van der Waals surface area contributed by atoms with Crippen LogP contribution in [0.25, 0.3) is 0 Å². The van der Waals surface area contributed by atoms with Gasteiger partial charge < -0.3 is 4.84 Å². The van der Waals surface area contributed by atoms with Gasteiger partial charge in [0, 0.05) is 21.0 Å². The Morgan fingerprint density at radius 2 is 2.46 bits per heavy atom. The van der Waals surface area contributed by atoms with Crippen molar-refractivity contribution < 1.29 is 4.84 Å². The molecule has 0 fully saturated rings. The van der Waals surface area contributed by atoms with E-state index in [0.29, 0.717) is 12.5 Å². The van der Waals surface area contributed by atoms with Crippen molar-refractivity contribution in [2.24, 2.45) is 5.90 Å². The number of thioether (sulfide) groups is 1. The lowest BCUT2D eigenvalue weighted by Crippen LogP contribution is -2.10. The van der Waals surface area contributed by atoms with Gasteiger partial charge in [0.25, 0.3) is 0 Å². The molecule has 0 amide bonds. The van der Waals surface area contributed by atoms with Crippen molar-refractivity contribution in [1.82, 2.24) is 0 Å². The molecule has 0 radical (unpaired) electrons. The molecule has 1 heterocycles. The van der Waals surface area contributed by atoms with Crippen molar-refractivity contribution in [2.45, 2.75) is 10.8 Å². The number of nitrogens with two attached hydrogens (primary N) is 1. The van der Waals surface area contributed by atoms with Gasteiger partial charge in [-0.05, 0) is 23.8 Å². The molecule has 0 saturated heterocycles. The third-order valence-electron chi connectivity index (χ3n) is 2.15. The van der Waals surface area contributed by atoms with Crippen LogP contribution in [-0.2, 0) is 4.84 Å². The maximum Gasteiger partial charge on any atom is 0.0756 e. The molecule has 13 heavy (non-hydrogen) atoms. The molecule has 2 rings (SSSR count). The Labute approximate surface area is 89.9 Å². The molecule has 0 bridgehead atoms. The van der Waals surface area contributed by atoms with Crippen molar-refractivity contribution in [3.05, 3.63) is 28.2 Å². The number of rotatable bonds is 2. The first-order valence-corrected chi connectivity index (χ1v) is 5.83. The molecule has 1 aromatic rings. The minimum atomic E-state index is 0.447. The van der Waals surface area contributed by atoms with Crippen LogP contribution in [0.1, 0.15) is 11.5 Å². The highest BCUT2D eigenvalue weighted by Gasteiger charge is 2.23. The Morgan fingerprint density at radius 3 is 3.23 bits per heavy atom. The Balaban J connectivity index is 2.29. The largest absolute Gasteiger partial charge is 0.304 e. The molecule has 1 atom stereocenters. The van der Waals surface area contributed by atoms with Gasteiger partial charge in [-0.15, -0.1) is 11.8 Å². The van der Waals surface area contributed by atoms with E-state index in [4.69, 9.17) is 10.7 Å². The van der Waals surface area contributed by atoms with Gasteiger partial charge in [-0.2, -0.15) is 0 Å². The van der Waals surface area contributed by atoms with Crippen LogP contribution >= 0.6 is 27.7 Å². The molecule has 0 saturated carbocycles. The highest BCUT2D eigenvalue weighted by molar-refractivity contribution is 9.10. The molecular formula is C9H10BrNOS. The Kier molecular flexibility index (Phi) is 2.93. The van der Waals surface area contributed by atoms with E-state index >= 15 is 0 Å².